The van der Waals surface area contributed by atoms with Gasteiger partial charge in [0.15, 0.2) is 23.3 Å². The van der Waals surface area contributed by atoms with Gasteiger partial charge in [-0.25, -0.2) is 29.9 Å². The van der Waals surface area contributed by atoms with E-state index in [1.54, 1.807) is 0 Å². The van der Waals surface area contributed by atoms with Crippen molar-refractivity contribution in [2.45, 2.75) is 19.6 Å². The van der Waals surface area contributed by atoms with Crippen LogP contribution in [0.4, 0.5) is 0 Å². The van der Waals surface area contributed by atoms with Crippen LogP contribution in [0.25, 0.3) is 89.7 Å². The summed E-state index contributed by atoms with van der Waals surface area (Å²) in [7, 11) is -19.0. The van der Waals surface area contributed by atoms with Crippen LogP contribution in [0, 0.1) is 0 Å². The number of nitrogens with zero attached hydrogens (tertiary/aromatic N) is 6. The van der Waals surface area contributed by atoms with Crippen LogP contribution in [0.15, 0.2) is 92.4 Å². The summed E-state index contributed by atoms with van der Waals surface area (Å²) >= 11 is 0. The fraction of sp³-hybridized carbons (Fsp3) is 0. The lowest BCUT2D eigenvalue weighted by Crippen LogP contribution is -1.99. The van der Waals surface area contributed by atoms with Crippen molar-refractivity contribution in [1.29, 1.82) is 0 Å². The van der Waals surface area contributed by atoms with Gasteiger partial charge in [-0.05, 0) is 72.8 Å². The highest BCUT2D eigenvalue weighted by Gasteiger charge is 2.27. The van der Waals surface area contributed by atoms with Crippen LogP contribution in [0.5, 0.6) is 0 Å². The van der Waals surface area contributed by atoms with Crippen molar-refractivity contribution in [3.63, 3.8) is 0 Å². The summed E-state index contributed by atoms with van der Waals surface area (Å²) in [6.45, 7) is 0. The zero-order valence-corrected chi connectivity index (χ0v) is 30.6. The number of H-pyrrole nitrogens is 2. The summed E-state index contributed by atoms with van der Waals surface area (Å²) in [5, 5.41) is 0.807. The summed E-state index contributed by atoms with van der Waals surface area (Å²) in [5.74, 6) is -0.678. The molecule has 6 N–H and O–H groups in total. The van der Waals surface area contributed by atoms with Crippen molar-refractivity contribution in [3.05, 3.63) is 72.8 Å². The largest absolute Gasteiger partial charge is 0.324 e. The van der Waals surface area contributed by atoms with E-state index in [9.17, 15) is 51.9 Å². The van der Waals surface area contributed by atoms with Crippen LogP contribution in [0.2, 0.25) is 0 Å². The molecule has 2 aliphatic heterocycles. The second kappa shape index (κ2) is 11.7. The molecule has 4 aromatic carbocycles. The number of hydrogen-bond acceptors (Lipinski definition) is 14. The van der Waals surface area contributed by atoms with Gasteiger partial charge in [-0.2, -0.15) is 33.7 Å². The van der Waals surface area contributed by atoms with Gasteiger partial charge in [0.05, 0.1) is 19.6 Å². The average molecular weight is 835 g/mol. The monoisotopic (exact) mass is 834 g/mol. The minimum absolute atomic E-state index is 0.0143. The molecule has 0 saturated carbocycles. The molecule has 282 valence electrons. The quantitative estimate of drug-likeness (QED) is 0.137. The Labute approximate surface area is 313 Å². The van der Waals surface area contributed by atoms with Gasteiger partial charge < -0.3 is 9.97 Å². The van der Waals surface area contributed by atoms with Crippen molar-refractivity contribution in [1.82, 2.24) is 39.9 Å². The second-order valence-electron chi connectivity index (χ2n) is 12.3. The zero-order valence-electron chi connectivity index (χ0n) is 27.3. The van der Waals surface area contributed by atoms with Gasteiger partial charge in [-0.3, -0.25) is 18.2 Å². The Balaban J connectivity index is 1.50. The topological polar surface area (TPSA) is 326 Å². The van der Waals surface area contributed by atoms with E-state index in [1.807, 2.05) is 0 Å². The van der Waals surface area contributed by atoms with Crippen LogP contribution in [-0.4, -0.2) is 91.8 Å². The van der Waals surface area contributed by atoms with Crippen LogP contribution in [-0.2, 0) is 40.5 Å². The van der Waals surface area contributed by atoms with E-state index in [-0.39, 0.29) is 89.7 Å². The molecule has 0 saturated heterocycles. The molecule has 0 radical (unpaired) electrons. The fourth-order valence-corrected chi connectivity index (χ4v) is 8.38. The first-order valence-electron chi connectivity index (χ1n) is 15.5. The highest BCUT2D eigenvalue weighted by Crippen LogP contribution is 2.40. The minimum Gasteiger partial charge on any atom is -0.324 e. The van der Waals surface area contributed by atoms with Gasteiger partial charge in [0.2, 0.25) is 0 Å². The number of fused-ring (bicyclic) bond motifs is 20. The zero-order chi connectivity index (χ0) is 39.7. The van der Waals surface area contributed by atoms with Crippen LogP contribution in [0.1, 0.15) is 0 Å². The number of aromatic nitrogens is 8. The summed E-state index contributed by atoms with van der Waals surface area (Å²) in [5.41, 5.74) is 0.448. The Hall–Kier alpha value is -6.12. The van der Waals surface area contributed by atoms with E-state index in [2.05, 4.69) is 34.9 Å². The molecule has 7 aromatic rings. The summed E-state index contributed by atoms with van der Waals surface area (Å²) < 4.78 is 137. The minimum atomic E-state index is -4.77. The number of aromatic amines is 2. The molecule has 0 atom stereocenters. The fourth-order valence-electron chi connectivity index (χ4n) is 6.35. The Morgan fingerprint density at radius 3 is 1.00 bits per heavy atom. The highest BCUT2D eigenvalue weighted by molar-refractivity contribution is 7.86. The van der Waals surface area contributed by atoms with Gasteiger partial charge in [-0.15, -0.1) is 0 Å². The smallest absolute Gasteiger partial charge is 0.294 e. The molecule has 0 aliphatic carbocycles. The maximum Gasteiger partial charge on any atom is 0.294 e. The molecule has 0 amide bonds. The Kier molecular flexibility index (Phi) is 7.43. The van der Waals surface area contributed by atoms with Crippen LogP contribution < -0.4 is 0 Å². The van der Waals surface area contributed by atoms with Gasteiger partial charge in [0.1, 0.15) is 22.6 Å². The third-order valence-corrected chi connectivity index (χ3v) is 12.3. The highest BCUT2D eigenvalue weighted by atomic mass is 32.2. The maximum absolute atomic E-state index is 12.2. The first-order valence-corrected chi connectivity index (χ1v) is 21.3. The van der Waals surface area contributed by atoms with Crippen LogP contribution in [0.3, 0.4) is 0 Å². The molecular formula is C32H18N8O12S4. The molecule has 9 rings (SSSR count). The third-order valence-electron chi connectivity index (χ3n) is 8.91. The lowest BCUT2D eigenvalue weighted by molar-refractivity contribution is 0.481. The van der Waals surface area contributed by atoms with E-state index in [1.165, 1.54) is 24.3 Å². The van der Waals surface area contributed by atoms with E-state index in [0.717, 1.165) is 48.5 Å². The van der Waals surface area contributed by atoms with Gasteiger partial charge in [0.25, 0.3) is 40.5 Å². The molecule has 0 spiro atoms. The lowest BCUT2D eigenvalue weighted by Gasteiger charge is -2.03. The number of rotatable bonds is 4. The van der Waals surface area contributed by atoms with E-state index in [0.29, 0.717) is 0 Å². The SMILES string of the molecule is O=S(=O)(O)c1ccc2c(c1)-c1nc3nc(nc4[nH]c(nc5[nH]c(nc-2n1)c1cc(S(=O)(=O)O)ccc51)c1ccc(S(=O)(=O)O)cc41)-c1ccc(S(=O)(=O)O)cc1-3. The van der Waals surface area contributed by atoms with E-state index >= 15 is 0 Å². The maximum atomic E-state index is 12.2. The molecule has 8 bridgehead atoms. The molecule has 5 heterocycles. The normalized spacial score (nSPS) is 13.2. The molecule has 3 aromatic heterocycles. The predicted octanol–water partition coefficient (Wildman–Crippen LogP) is 3.86. The van der Waals surface area contributed by atoms with Crippen molar-refractivity contribution < 1.29 is 51.9 Å². The average Bonchev–Trinajstić information content (AvgIpc) is 3.84. The lowest BCUT2D eigenvalue weighted by atomic mass is 10.1. The molecule has 24 heteroatoms. The second-order valence-corrected chi connectivity index (χ2v) is 18.0. The first-order chi connectivity index (χ1) is 26.2. The van der Waals surface area contributed by atoms with E-state index in [4.69, 9.17) is 4.98 Å². The molecule has 2 aliphatic rings. The standard InChI is InChI=1S/C32H18N8O12S4/c41-53(42,43)13-1-5-17-21(9-13)29-34-25(17)33-26-18-6-2-14(54(44,45)46)10-22(18)30(35-26)37-28-20-8-4-16(56(50,51)52)12-24(20)32(39-28)40-31-23-11-15(55(47,48)49)3-7-19(23)27(36-29)38-31/h1-12H,(H,41,42,43)(H,44,45,46)(H,47,48,49)(H,50,51,52)(H2,33,34,35,36,37,38,39,40). The molecule has 0 fully saturated rings. The van der Waals surface area contributed by atoms with Gasteiger partial charge in [-0.1, -0.05) is 0 Å². The molecule has 56 heavy (non-hydrogen) atoms. The number of hydrogen-bond donors (Lipinski definition) is 6. The summed E-state index contributed by atoms with van der Waals surface area (Å²) in [4.78, 5) is 31.4. The van der Waals surface area contributed by atoms with Crippen molar-refractivity contribution in [3.8, 4) is 45.6 Å². The number of benzene rings is 4. The summed E-state index contributed by atoms with van der Waals surface area (Å²) in [6, 6.07) is 14.1. The molecule has 20 nitrogen and oxygen atoms in total. The van der Waals surface area contributed by atoms with Crippen molar-refractivity contribution in [2.24, 2.45) is 0 Å². The van der Waals surface area contributed by atoms with E-state index < -0.39 is 60.1 Å². The predicted molar refractivity (Wildman–Crippen MR) is 195 cm³/mol. The molecule has 0 unspecified atom stereocenters. The van der Waals surface area contributed by atoms with Crippen molar-refractivity contribution >= 4 is 84.6 Å². The number of nitrogens with one attached hydrogen (secondary N) is 2. The Morgan fingerprint density at radius 2 is 0.643 bits per heavy atom. The first kappa shape index (κ1) is 35.6. The Bertz CT molecular complexity index is 3370. The van der Waals surface area contributed by atoms with Gasteiger partial charge >= 0.3 is 0 Å². The molecular weight excluding hydrogens is 817 g/mol. The summed E-state index contributed by atoms with van der Waals surface area (Å²) in [6.07, 6.45) is 0. The van der Waals surface area contributed by atoms with Crippen LogP contribution >= 0.6 is 0 Å². The van der Waals surface area contributed by atoms with Crippen molar-refractivity contribution in [2.75, 3.05) is 0 Å². The Morgan fingerprint density at radius 1 is 0.339 bits per heavy atom. The third kappa shape index (κ3) is 5.87. The van der Waals surface area contributed by atoms with Gasteiger partial charge in [0, 0.05) is 43.8 Å².